The number of carbonyl (C=O) groups excluding carboxylic acids is 2. The molecule has 5 nitrogen and oxygen atoms in total. The molecular weight excluding hydrogens is 418 g/mol. The molecule has 0 saturated carbocycles. The van der Waals surface area contributed by atoms with Crippen LogP contribution in [0, 0.1) is 0 Å². The highest BCUT2D eigenvalue weighted by molar-refractivity contribution is 7.99. The van der Waals surface area contributed by atoms with Crippen molar-refractivity contribution in [1.29, 1.82) is 0 Å². The number of anilines is 3. The largest absolute Gasteiger partial charge is 0.339 e. The second-order valence-electron chi connectivity index (χ2n) is 7.72. The minimum atomic E-state index is -0.0331. The van der Waals surface area contributed by atoms with E-state index in [1.807, 2.05) is 55.5 Å². The molecule has 0 fully saturated rings. The number of fused-ring (bicyclic) bond motifs is 2. The summed E-state index contributed by atoms with van der Waals surface area (Å²) in [7, 11) is 0. The van der Waals surface area contributed by atoms with Crippen molar-refractivity contribution in [2.75, 3.05) is 23.3 Å². The summed E-state index contributed by atoms with van der Waals surface area (Å²) in [6.45, 7) is 5.32. The van der Waals surface area contributed by atoms with Gasteiger partial charge in [-0.05, 0) is 48.9 Å². The Morgan fingerprint density at radius 1 is 0.938 bits per heavy atom. The van der Waals surface area contributed by atoms with Crippen molar-refractivity contribution in [3.8, 4) is 0 Å². The minimum Gasteiger partial charge on any atom is -0.339 e. The zero-order valence-electron chi connectivity index (χ0n) is 18.4. The average Bonchev–Trinajstić information content (AvgIpc) is 2.80. The van der Waals surface area contributed by atoms with E-state index >= 15 is 0 Å². The van der Waals surface area contributed by atoms with Crippen LogP contribution in [-0.2, 0) is 16.1 Å². The van der Waals surface area contributed by atoms with E-state index in [0.29, 0.717) is 26.1 Å². The van der Waals surface area contributed by atoms with Gasteiger partial charge >= 0.3 is 0 Å². The lowest BCUT2D eigenvalue weighted by atomic mass is 10.1. The van der Waals surface area contributed by atoms with Crippen LogP contribution in [0.5, 0.6) is 0 Å². The molecule has 4 rings (SSSR count). The quantitative estimate of drug-likeness (QED) is 0.508. The van der Waals surface area contributed by atoms with Gasteiger partial charge in [0.25, 0.3) is 0 Å². The van der Waals surface area contributed by atoms with Gasteiger partial charge in [-0.2, -0.15) is 0 Å². The average molecular weight is 446 g/mol. The van der Waals surface area contributed by atoms with Crippen molar-refractivity contribution >= 4 is 40.6 Å². The lowest BCUT2D eigenvalue weighted by molar-refractivity contribution is -0.129. The zero-order valence-corrected chi connectivity index (χ0v) is 19.2. The van der Waals surface area contributed by atoms with Crippen LogP contribution in [-0.4, -0.2) is 29.8 Å². The van der Waals surface area contributed by atoms with Gasteiger partial charge in [0.2, 0.25) is 11.8 Å². The van der Waals surface area contributed by atoms with Crippen molar-refractivity contribution < 1.29 is 9.59 Å². The molecule has 3 aromatic rings. The maximum absolute atomic E-state index is 12.8. The highest BCUT2D eigenvalue weighted by Crippen LogP contribution is 2.47. The molecule has 0 bridgehead atoms. The molecule has 164 valence electrons. The number of nitrogens with zero attached hydrogens (tertiary/aromatic N) is 2. The van der Waals surface area contributed by atoms with Gasteiger partial charge in [-0.3, -0.25) is 9.59 Å². The standard InChI is InChI=1S/C26H27N3O2S/c1-3-28(19(2)30)18-20-9-8-10-21(17-20)27-26(31)15-16-29-22-11-4-6-13-24(22)32-25-14-7-5-12-23(25)29/h4-14,17H,3,15-16,18H2,1-2H3,(H,27,31). The molecule has 32 heavy (non-hydrogen) atoms. The molecule has 0 aliphatic carbocycles. The van der Waals surface area contributed by atoms with Gasteiger partial charge in [0.15, 0.2) is 0 Å². The molecule has 0 spiro atoms. The smallest absolute Gasteiger partial charge is 0.226 e. The van der Waals surface area contributed by atoms with Crippen LogP contribution in [0.15, 0.2) is 82.6 Å². The Bertz CT molecular complexity index is 1090. The van der Waals surface area contributed by atoms with E-state index in [1.54, 1.807) is 23.6 Å². The highest BCUT2D eigenvalue weighted by atomic mass is 32.2. The molecule has 0 atom stereocenters. The Hall–Kier alpha value is -3.25. The van der Waals surface area contributed by atoms with Gasteiger partial charge < -0.3 is 15.1 Å². The number of hydrogen-bond donors (Lipinski definition) is 1. The van der Waals surface area contributed by atoms with E-state index in [0.717, 1.165) is 22.6 Å². The van der Waals surface area contributed by atoms with Crippen LogP contribution in [0.2, 0.25) is 0 Å². The van der Waals surface area contributed by atoms with Gasteiger partial charge in [0.1, 0.15) is 0 Å². The minimum absolute atomic E-state index is 0.0331. The fourth-order valence-corrected chi connectivity index (χ4v) is 4.97. The number of rotatable bonds is 7. The predicted molar refractivity (Wildman–Crippen MR) is 130 cm³/mol. The number of amides is 2. The molecule has 0 unspecified atom stereocenters. The van der Waals surface area contributed by atoms with E-state index in [2.05, 4.69) is 34.5 Å². The SMILES string of the molecule is CCN(Cc1cccc(NC(=O)CCN2c3ccccc3Sc3ccccc32)c1)C(C)=O. The molecule has 0 saturated heterocycles. The number of carbonyl (C=O) groups is 2. The van der Waals surface area contributed by atoms with Crippen molar-refractivity contribution in [1.82, 2.24) is 4.90 Å². The summed E-state index contributed by atoms with van der Waals surface area (Å²) in [5.74, 6) is 0.0106. The van der Waals surface area contributed by atoms with Gasteiger partial charge in [-0.1, -0.05) is 48.2 Å². The van der Waals surface area contributed by atoms with Crippen LogP contribution >= 0.6 is 11.8 Å². The molecule has 1 heterocycles. The fraction of sp³-hybridized carbons (Fsp3) is 0.231. The molecular formula is C26H27N3O2S. The highest BCUT2D eigenvalue weighted by Gasteiger charge is 2.23. The van der Waals surface area contributed by atoms with Crippen LogP contribution in [0.3, 0.4) is 0 Å². The maximum Gasteiger partial charge on any atom is 0.226 e. The first-order valence-corrected chi connectivity index (χ1v) is 11.6. The molecule has 0 radical (unpaired) electrons. The Labute approximate surface area is 193 Å². The summed E-state index contributed by atoms with van der Waals surface area (Å²) in [5.41, 5.74) is 4.02. The van der Waals surface area contributed by atoms with Gasteiger partial charge in [0, 0.05) is 48.5 Å². The van der Waals surface area contributed by atoms with Crippen molar-refractivity contribution in [3.05, 3.63) is 78.4 Å². The predicted octanol–water partition coefficient (Wildman–Crippen LogP) is 5.69. The third-order valence-electron chi connectivity index (χ3n) is 5.51. The van der Waals surface area contributed by atoms with Crippen LogP contribution < -0.4 is 10.2 Å². The van der Waals surface area contributed by atoms with Crippen molar-refractivity contribution in [2.24, 2.45) is 0 Å². The number of hydrogen-bond acceptors (Lipinski definition) is 4. The summed E-state index contributed by atoms with van der Waals surface area (Å²) in [5, 5.41) is 3.02. The molecule has 3 aromatic carbocycles. The molecule has 2 amide bonds. The lowest BCUT2D eigenvalue weighted by Crippen LogP contribution is -2.27. The van der Waals surface area contributed by atoms with Crippen LogP contribution in [0.25, 0.3) is 0 Å². The molecule has 1 N–H and O–H groups in total. The van der Waals surface area contributed by atoms with Gasteiger partial charge in [-0.25, -0.2) is 0 Å². The second kappa shape index (κ2) is 9.92. The van der Waals surface area contributed by atoms with Crippen LogP contribution in [0.1, 0.15) is 25.8 Å². The number of benzene rings is 3. The zero-order chi connectivity index (χ0) is 22.5. The van der Waals surface area contributed by atoms with E-state index in [4.69, 9.17) is 0 Å². The Balaban J connectivity index is 1.43. The lowest BCUT2D eigenvalue weighted by Gasteiger charge is -2.32. The van der Waals surface area contributed by atoms with E-state index in [1.165, 1.54) is 9.79 Å². The van der Waals surface area contributed by atoms with Crippen molar-refractivity contribution in [3.63, 3.8) is 0 Å². The van der Waals surface area contributed by atoms with Crippen molar-refractivity contribution in [2.45, 2.75) is 36.6 Å². The Morgan fingerprint density at radius 2 is 1.59 bits per heavy atom. The van der Waals surface area contributed by atoms with Gasteiger partial charge in [0.05, 0.1) is 11.4 Å². The number of nitrogens with one attached hydrogen (secondary N) is 1. The normalized spacial score (nSPS) is 12.0. The Kier molecular flexibility index (Phi) is 6.81. The summed E-state index contributed by atoms with van der Waals surface area (Å²) in [4.78, 5) is 30.9. The summed E-state index contributed by atoms with van der Waals surface area (Å²) in [6, 6.07) is 24.3. The summed E-state index contributed by atoms with van der Waals surface area (Å²) in [6.07, 6.45) is 0.367. The molecule has 1 aliphatic rings. The van der Waals surface area contributed by atoms with E-state index in [-0.39, 0.29) is 11.8 Å². The first-order chi connectivity index (χ1) is 15.5. The number of para-hydroxylation sites is 2. The summed E-state index contributed by atoms with van der Waals surface area (Å²) < 4.78 is 0. The maximum atomic E-state index is 12.8. The van der Waals surface area contributed by atoms with E-state index < -0.39 is 0 Å². The molecule has 6 heteroatoms. The molecule has 1 aliphatic heterocycles. The second-order valence-corrected chi connectivity index (χ2v) is 8.80. The first kappa shape index (κ1) is 22.0. The van der Waals surface area contributed by atoms with Crippen LogP contribution in [0.4, 0.5) is 17.1 Å². The Morgan fingerprint density at radius 3 is 2.22 bits per heavy atom. The summed E-state index contributed by atoms with van der Waals surface area (Å²) >= 11 is 1.76. The first-order valence-electron chi connectivity index (χ1n) is 10.8. The fourth-order valence-electron chi connectivity index (χ4n) is 3.87. The monoisotopic (exact) mass is 445 g/mol. The molecule has 0 aromatic heterocycles. The topological polar surface area (TPSA) is 52.7 Å². The third kappa shape index (κ3) is 4.97. The third-order valence-corrected chi connectivity index (χ3v) is 6.64. The van der Waals surface area contributed by atoms with Gasteiger partial charge in [-0.15, -0.1) is 0 Å². The van der Waals surface area contributed by atoms with E-state index in [9.17, 15) is 9.59 Å².